The van der Waals surface area contributed by atoms with Gasteiger partial charge in [0.1, 0.15) is 0 Å². The largest absolute Gasteiger partial charge is 0.147 e. The van der Waals surface area contributed by atoms with Crippen molar-refractivity contribution >= 4 is 64.1 Å². The molecular weight excluding hydrogens is 463 g/mol. The Hall–Kier alpha value is 2.09. The van der Waals surface area contributed by atoms with Gasteiger partial charge in [-0.1, -0.05) is 0 Å². The molecule has 0 spiro atoms. The third-order valence-electron chi connectivity index (χ3n) is 2.13. The Bertz CT molecular complexity index is 153. The molecule has 0 heterocycles. The quantitative estimate of drug-likeness (QED) is 0.302. The first-order valence-corrected chi connectivity index (χ1v) is 11.8. The zero-order valence-electron chi connectivity index (χ0n) is 10.2. The number of hydrogen-bond donors (Lipinski definition) is 1. The molecule has 2 nitrogen and oxygen atoms in total. The van der Waals surface area contributed by atoms with E-state index in [1.165, 1.54) is 12.8 Å². The zero-order valence-corrected chi connectivity index (χ0v) is 16.9. The first-order chi connectivity index (χ1) is 7.10. The van der Waals surface area contributed by atoms with Crippen molar-refractivity contribution in [2.24, 2.45) is 5.73 Å². The molecule has 2 N–H and O–H groups in total. The van der Waals surface area contributed by atoms with E-state index in [0.29, 0.717) is 11.5 Å². The Morgan fingerprint density at radius 3 is 2.44 bits per heavy atom. The van der Waals surface area contributed by atoms with E-state index in [1.807, 2.05) is 8.93 Å². The Balaban J connectivity index is 0. The maximum absolute atomic E-state index is 5.95. The summed E-state index contributed by atoms with van der Waals surface area (Å²) in [5, 5.41) is 0. The molecule has 0 aliphatic rings. The zero-order chi connectivity index (χ0) is 11.7. The molecule has 0 aliphatic carbocycles. The van der Waals surface area contributed by atoms with Crippen LogP contribution in [0, 0.1) is 0 Å². The summed E-state index contributed by atoms with van der Waals surface area (Å²) in [6, 6.07) is 0.358. The van der Waals surface area contributed by atoms with Gasteiger partial charge in [-0.15, -0.1) is 12.4 Å². The summed E-state index contributed by atoms with van der Waals surface area (Å²) in [6.45, 7) is 6.61. The molecule has 0 aromatic heterocycles. The van der Waals surface area contributed by atoms with E-state index in [2.05, 4.69) is 42.0 Å². The van der Waals surface area contributed by atoms with Crippen LogP contribution in [0.25, 0.3) is 0 Å². The van der Waals surface area contributed by atoms with Crippen molar-refractivity contribution < 1.29 is 3.07 Å². The van der Waals surface area contributed by atoms with Crippen molar-refractivity contribution in [1.29, 1.82) is 0 Å². The second-order valence-corrected chi connectivity index (χ2v) is 10.4. The molecule has 0 aliphatic heterocycles. The fraction of sp³-hybridized carbons (Fsp3) is 1.00. The Labute approximate surface area is 133 Å². The smallest absolute Gasteiger partial charge is 0.147 e. The van der Waals surface area contributed by atoms with Gasteiger partial charge in [0, 0.05) is 0 Å². The van der Waals surface area contributed by atoms with Crippen molar-refractivity contribution in [3.05, 3.63) is 0 Å². The van der Waals surface area contributed by atoms with Crippen LogP contribution >= 0.6 is 42.5 Å². The molecule has 0 aromatic carbocycles. The van der Waals surface area contributed by atoms with Gasteiger partial charge in [0.15, 0.2) is 0 Å². The van der Waals surface area contributed by atoms with Crippen LogP contribution in [0.5, 0.6) is 0 Å². The molecule has 0 saturated heterocycles. The predicted molar refractivity (Wildman–Crippen MR) is 86.7 cm³/mol. The summed E-state index contributed by atoms with van der Waals surface area (Å²) in [5.74, 6) is 0. The second kappa shape index (κ2) is 13.5. The van der Waals surface area contributed by atoms with Crippen LogP contribution in [0.15, 0.2) is 0 Å². The summed E-state index contributed by atoms with van der Waals surface area (Å²) < 4.78 is 6.78. The summed E-state index contributed by atoms with van der Waals surface area (Å²) in [7, 11) is 1.81. The monoisotopic (exact) mass is 487 g/mol. The van der Waals surface area contributed by atoms with Crippen LogP contribution in [-0.2, 0) is 3.07 Å². The average molecular weight is 486 g/mol. The maximum Gasteiger partial charge on any atom is -0.147 e. The van der Waals surface area contributed by atoms with E-state index in [1.54, 1.807) is 0 Å². The molecule has 0 aromatic rings. The molecule has 0 amide bonds. The molecule has 3 unspecified atom stereocenters. The van der Waals surface area contributed by atoms with Gasteiger partial charge in [-0.3, -0.25) is 0 Å². The Morgan fingerprint density at radius 1 is 1.38 bits per heavy atom. The van der Waals surface area contributed by atoms with Crippen LogP contribution < -0.4 is 5.73 Å². The molecule has 3 atom stereocenters. The van der Waals surface area contributed by atoms with E-state index in [9.17, 15) is 0 Å². The van der Waals surface area contributed by atoms with Crippen LogP contribution in [0.3, 0.4) is 0 Å². The minimum atomic E-state index is -0.620. The molecular formula is C10H23ClINOSSn. The van der Waals surface area contributed by atoms with E-state index >= 15 is 0 Å². The fourth-order valence-corrected chi connectivity index (χ4v) is 7.67. The third kappa shape index (κ3) is 12.5. The van der Waals surface area contributed by atoms with Crippen molar-refractivity contribution in [2.75, 3.05) is 0 Å². The normalized spacial score (nSPS) is 16.3. The van der Waals surface area contributed by atoms with Crippen molar-refractivity contribution in [1.82, 2.24) is 0 Å². The van der Waals surface area contributed by atoms with E-state index in [-0.39, 0.29) is 12.4 Å². The van der Waals surface area contributed by atoms with E-state index < -0.39 is 21.6 Å². The summed E-state index contributed by atoms with van der Waals surface area (Å²) >= 11 is 1.72. The summed E-state index contributed by atoms with van der Waals surface area (Å²) in [5.41, 5.74) is 6.16. The van der Waals surface area contributed by atoms with E-state index in [0.717, 1.165) is 16.8 Å². The van der Waals surface area contributed by atoms with Crippen molar-refractivity contribution in [3.63, 3.8) is 0 Å². The number of nitrogens with two attached hydrogens (primary N) is 1. The Kier molecular flexibility index (Phi) is 17.2. The average Bonchev–Trinajstić information content (AvgIpc) is 2.18. The SMILES string of the molecule is CCC([O][Sn][CH](C)CCCC(C)N)SI.Cl. The fourth-order valence-electron chi connectivity index (χ4n) is 1.16. The van der Waals surface area contributed by atoms with Gasteiger partial charge in [-0.25, -0.2) is 0 Å². The van der Waals surface area contributed by atoms with Gasteiger partial charge in [0.05, 0.1) is 0 Å². The Morgan fingerprint density at radius 2 is 2.00 bits per heavy atom. The first-order valence-electron chi connectivity index (χ1n) is 5.54. The summed E-state index contributed by atoms with van der Waals surface area (Å²) in [6.07, 6.45) is 4.84. The molecule has 0 saturated carbocycles. The molecule has 0 bridgehead atoms. The molecule has 98 valence electrons. The minimum absolute atomic E-state index is 0. The molecule has 0 fully saturated rings. The van der Waals surface area contributed by atoms with Gasteiger partial charge < -0.3 is 0 Å². The van der Waals surface area contributed by atoms with Crippen LogP contribution in [0.1, 0.15) is 46.5 Å². The number of rotatable bonds is 9. The topological polar surface area (TPSA) is 35.2 Å². The number of halogens is 2. The first kappa shape index (κ1) is 20.4. The van der Waals surface area contributed by atoms with Crippen LogP contribution in [0.4, 0.5) is 0 Å². The van der Waals surface area contributed by atoms with Gasteiger partial charge in [-0.2, -0.15) is 0 Å². The maximum atomic E-state index is 5.95. The van der Waals surface area contributed by atoms with E-state index in [4.69, 9.17) is 8.81 Å². The molecule has 0 rings (SSSR count). The number of hydrogen-bond acceptors (Lipinski definition) is 3. The van der Waals surface area contributed by atoms with Crippen molar-refractivity contribution in [3.8, 4) is 0 Å². The van der Waals surface area contributed by atoms with Gasteiger partial charge in [-0.05, 0) is 0 Å². The van der Waals surface area contributed by atoms with Gasteiger partial charge >= 0.3 is 122 Å². The summed E-state index contributed by atoms with van der Waals surface area (Å²) in [4.78, 5) is 0. The standard InChI is InChI=1S/C7H16N.C3H6IOS.ClH.Sn/c1-3-4-5-6-7(2)8;1-2-3(5)6-4;;/h3,7H,4-6,8H2,1-2H3;3H,2H2,1H3;1H;/q;-1;;+1. The third-order valence-corrected chi connectivity index (χ3v) is 8.12. The molecule has 6 heteroatoms. The predicted octanol–water partition coefficient (Wildman–Crippen LogP) is 4.19. The molecule has 16 heavy (non-hydrogen) atoms. The molecule has 2 radical (unpaired) electrons. The van der Waals surface area contributed by atoms with Crippen molar-refractivity contribution in [2.45, 2.75) is 61.9 Å². The van der Waals surface area contributed by atoms with Gasteiger partial charge in [0.2, 0.25) is 0 Å². The second-order valence-electron chi connectivity index (χ2n) is 3.97. The minimum Gasteiger partial charge on any atom is -0.147 e. The van der Waals surface area contributed by atoms with Crippen LogP contribution in [0.2, 0.25) is 3.93 Å². The van der Waals surface area contributed by atoms with Gasteiger partial charge in [0.25, 0.3) is 0 Å². The van der Waals surface area contributed by atoms with Crippen LogP contribution in [-0.4, -0.2) is 33.0 Å².